The van der Waals surface area contributed by atoms with Crippen molar-refractivity contribution in [2.45, 2.75) is 44.8 Å². The Labute approximate surface area is 138 Å². The number of tetrazole rings is 1. The van der Waals surface area contributed by atoms with Crippen LogP contribution in [0.3, 0.4) is 0 Å². The van der Waals surface area contributed by atoms with Crippen LogP contribution >= 0.6 is 11.3 Å². The van der Waals surface area contributed by atoms with Gasteiger partial charge in [-0.3, -0.25) is 4.79 Å². The van der Waals surface area contributed by atoms with Gasteiger partial charge >= 0.3 is 0 Å². The van der Waals surface area contributed by atoms with Gasteiger partial charge in [-0.1, -0.05) is 6.42 Å². The quantitative estimate of drug-likeness (QED) is 0.902. The minimum absolute atomic E-state index is 0.0447. The van der Waals surface area contributed by atoms with Gasteiger partial charge in [-0.05, 0) is 48.1 Å². The molecule has 7 nitrogen and oxygen atoms in total. The number of ether oxygens (including phenoxy) is 1. The second kappa shape index (κ2) is 5.68. The predicted octanol–water partition coefficient (Wildman–Crippen LogP) is 1.80. The molecule has 122 valence electrons. The Bertz CT molecular complexity index is 695. The summed E-state index contributed by atoms with van der Waals surface area (Å²) in [6.45, 7) is 2.77. The number of nitrogens with one attached hydrogen (secondary N) is 1. The Balaban J connectivity index is 1.48. The van der Waals surface area contributed by atoms with E-state index in [2.05, 4.69) is 20.8 Å². The summed E-state index contributed by atoms with van der Waals surface area (Å²) in [5.74, 6) is -0.0447. The molecule has 1 N–H and O–H groups in total. The lowest BCUT2D eigenvalue weighted by Gasteiger charge is -2.60. The van der Waals surface area contributed by atoms with Crippen LogP contribution in [0, 0.1) is 5.41 Å². The zero-order valence-corrected chi connectivity index (χ0v) is 13.8. The maximum Gasteiger partial charge on any atom is 0.263 e. The summed E-state index contributed by atoms with van der Waals surface area (Å²) in [6, 6.07) is 2.07. The van der Waals surface area contributed by atoms with Gasteiger partial charge in [-0.15, -0.1) is 16.4 Å². The van der Waals surface area contributed by atoms with Gasteiger partial charge < -0.3 is 10.1 Å². The molecule has 1 spiro atoms. The van der Waals surface area contributed by atoms with Crippen LogP contribution in [0.25, 0.3) is 5.69 Å². The van der Waals surface area contributed by atoms with Gasteiger partial charge in [0.2, 0.25) is 0 Å². The molecule has 8 heteroatoms. The van der Waals surface area contributed by atoms with Gasteiger partial charge in [-0.25, -0.2) is 0 Å². The summed E-state index contributed by atoms with van der Waals surface area (Å²) in [6.07, 6.45) is 6.23. The molecule has 0 aliphatic heterocycles. The van der Waals surface area contributed by atoms with Crippen LogP contribution in [-0.4, -0.2) is 44.9 Å². The Hall–Kier alpha value is -1.80. The fraction of sp³-hybridized carbons (Fsp3) is 0.600. The van der Waals surface area contributed by atoms with Crippen molar-refractivity contribution in [1.82, 2.24) is 25.5 Å². The molecule has 0 aromatic carbocycles. The van der Waals surface area contributed by atoms with E-state index >= 15 is 0 Å². The van der Waals surface area contributed by atoms with E-state index in [1.165, 1.54) is 28.8 Å². The highest BCUT2D eigenvalue weighted by molar-refractivity contribution is 7.12. The molecule has 0 bridgehead atoms. The third kappa shape index (κ3) is 2.28. The SMILES string of the molecule is CCO[C@H]1C[C@@H](NC(=O)c2sccc2-n2cnnn2)C12CCC2. The summed E-state index contributed by atoms with van der Waals surface area (Å²) < 4.78 is 7.36. The van der Waals surface area contributed by atoms with E-state index in [0.29, 0.717) is 11.0 Å². The maximum absolute atomic E-state index is 12.7. The minimum Gasteiger partial charge on any atom is -0.378 e. The van der Waals surface area contributed by atoms with Gasteiger partial charge in [0, 0.05) is 18.1 Å². The summed E-state index contributed by atoms with van der Waals surface area (Å²) in [5, 5.41) is 16.2. The zero-order valence-electron chi connectivity index (χ0n) is 12.9. The van der Waals surface area contributed by atoms with E-state index in [4.69, 9.17) is 4.74 Å². The lowest BCUT2D eigenvalue weighted by Crippen LogP contribution is -2.67. The molecule has 0 unspecified atom stereocenters. The molecule has 2 saturated carbocycles. The number of rotatable bonds is 5. The second-order valence-corrected chi connectivity index (χ2v) is 7.10. The first-order valence-electron chi connectivity index (χ1n) is 7.98. The zero-order chi connectivity index (χ0) is 15.9. The average molecular weight is 333 g/mol. The van der Waals surface area contributed by atoms with Crippen molar-refractivity contribution in [3.8, 4) is 5.69 Å². The van der Waals surface area contributed by atoms with Crippen molar-refractivity contribution in [3.63, 3.8) is 0 Å². The molecule has 0 saturated heterocycles. The first kappa shape index (κ1) is 14.8. The average Bonchev–Trinajstić information content (AvgIpc) is 3.14. The van der Waals surface area contributed by atoms with Crippen molar-refractivity contribution >= 4 is 17.2 Å². The first-order chi connectivity index (χ1) is 11.2. The van der Waals surface area contributed by atoms with Crippen LogP contribution in [0.1, 0.15) is 42.3 Å². The second-order valence-electron chi connectivity index (χ2n) is 6.18. The van der Waals surface area contributed by atoms with Crippen molar-refractivity contribution in [3.05, 3.63) is 22.7 Å². The first-order valence-corrected chi connectivity index (χ1v) is 8.86. The number of amides is 1. The molecule has 2 atom stereocenters. The molecule has 2 aliphatic rings. The lowest BCUT2D eigenvalue weighted by molar-refractivity contribution is -0.169. The van der Waals surface area contributed by atoms with Crippen LogP contribution in [0.5, 0.6) is 0 Å². The molecular formula is C15H19N5O2S. The van der Waals surface area contributed by atoms with Crippen molar-refractivity contribution in [1.29, 1.82) is 0 Å². The number of aromatic nitrogens is 4. The predicted molar refractivity (Wildman–Crippen MR) is 84.6 cm³/mol. The summed E-state index contributed by atoms with van der Waals surface area (Å²) in [7, 11) is 0. The third-order valence-electron chi connectivity index (χ3n) is 5.19. The smallest absolute Gasteiger partial charge is 0.263 e. The molecule has 2 fully saturated rings. The van der Waals surface area contributed by atoms with Gasteiger partial charge in [0.1, 0.15) is 11.2 Å². The summed E-state index contributed by atoms with van der Waals surface area (Å²) in [4.78, 5) is 13.3. The molecule has 1 amide bonds. The number of hydrogen-bond donors (Lipinski definition) is 1. The van der Waals surface area contributed by atoms with Crippen LogP contribution in [0.15, 0.2) is 17.8 Å². The number of carbonyl (C=O) groups is 1. The van der Waals surface area contributed by atoms with Crippen LogP contribution in [0.2, 0.25) is 0 Å². The van der Waals surface area contributed by atoms with Gasteiger partial charge in [0.25, 0.3) is 5.91 Å². The highest BCUT2D eigenvalue weighted by atomic mass is 32.1. The highest BCUT2D eigenvalue weighted by Crippen LogP contribution is 2.57. The number of hydrogen-bond acceptors (Lipinski definition) is 6. The van der Waals surface area contributed by atoms with E-state index in [-0.39, 0.29) is 17.4 Å². The molecular weight excluding hydrogens is 314 g/mol. The summed E-state index contributed by atoms with van der Waals surface area (Å²) >= 11 is 1.41. The van der Waals surface area contributed by atoms with E-state index in [1.807, 2.05) is 18.4 Å². The van der Waals surface area contributed by atoms with E-state index < -0.39 is 0 Å². The molecule has 23 heavy (non-hydrogen) atoms. The molecule has 2 aromatic heterocycles. The normalized spacial score (nSPS) is 24.9. The van der Waals surface area contributed by atoms with Crippen LogP contribution in [0.4, 0.5) is 0 Å². The molecule has 2 aliphatic carbocycles. The highest BCUT2D eigenvalue weighted by Gasteiger charge is 2.59. The van der Waals surface area contributed by atoms with Crippen LogP contribution in [-0.2, 0) is 4.74 Å². The Morgan fingerprint density at radius 2 is 2.43 bits per heavy atom. The van der Waals surface area contributed by atoms with Gasteiger partial charge in [0.15, 0.2) is 0 Å². The van der Waals surface area contributed by atoms with Crippen molar-refractivity contribution in [2.24, 2.45) is 5.41 Å². The third-order valence-corrected chi connectivity index (χ3v) is 6.09. The lowest BCUT2D eigenvalue weighted by atomic mass is 9.51. The topological polar surface area (TPSA) is 81.9 Å². The van der Waals surface area contributed by atoms with Crippen molar-refractivity contribution in [2.75, 3.05) is 6.61 Å². The largest absolute Gasteiger partial charge is 0.378 e. The van der Waals surface area contributed by atoms with E-state index in [0.717, 1.165) is 31.6 Å². The Morgan fingerprint density at radius 3 is 3.09 bits per heavy atom. The Morgan fingerprint density at radius 1 is 1.57 bits per heavy atom. The van der Waals surface area contributed by atoms with Crippen molar-refractivity contribution < 1.29 is 9.53 Å². The fourth-order valence-electron chi connectivity index (χ4n) is 3.79. The van der Waals surface area contributed by atoms with E-state index in [1.54, 1.807) is 0 Å². The maximum atomic E-state index is 12.7. The number of carbonyl (C=O) groups excluding carboxylic acids is 1. The molecule has 2 heterocycles. The number of nitrogens with zero attached hydrogens (tertiary/aromatic N) is 4. The van der Waals surface area contributed by atoms with Gasteiger partial charge in [-0.2, -0.15) is 4.68 Å². The van der Waals surface area contributed by atoms with Crippen LogP contribution < -0.4 is 5.32 Å². The van der Waals surface area contributed by atoms with E-state index in [9.17, 15) is 4.79 Å². The standard InChI is InChI=1S/C15H19N5O2S/c1-2-22-12-8-11(15(12)5-3-6-15)17-14(21)13-10(4-7-23-13)20-9-16-18-19-20/h4,7,9,11-12H,2-3,5-6,8H2,1H3,(H,17,21)/t11-,12+/m1/s1. The fourth-order valence-corrected chi connectivity index (χ4v) is 4.57. The number of thiophene rings is 1. The Kier molecular flexibility index (Phi) is 3.65. The molecule has 4 rings (SSSR count). The van der Waals surface area contributed by atoms with Gasteiger partial charge in [0.05, 0.1) is 11.8 Å². The summed E-state index contributed by atoms with van der Waals surface area (Å²) in [5.41, 5.74) is 0.888. The minimum atomic E-state index is -0.0447. The molecule has 0 radical (unpaired) electrons. The molecule has 2 aromatic rings. The monoisotopic (exact) mass is 333 g/mol.